The van der Waals surface area contributed by atoms with Gasteiger partial charge in [-0.15, -0.1) is 0 Å². The summed E-state index contributed by atoms with van der Waals surface area (Å²) < 4.78 is 16.5. The average Bonchev–Trinajstić information content (AvgIpc) is 3.29. The van der Waals surface area contributed by atoms with Crippen LogP contribution in [0.5, 0.6) is 0 Å². The van der Waals surface area contributed by atoms with E-state index in [1.807, 2.05) is 0 Å². The van der Waals surface area contributed by atoms with E-state index in [2.05, 4.69) is 46.0 Å². The molecule has 0 spiro atoms. The molecule has 7 heteroatoms. The van der Waals surface area contributed by atoms with Gasteiger partial charge in [0.15, 0.2) is 0 Å². The number of carbonyl (C=O) groups excluding carboxylic acids is 1. The molecule has 7 nitrogen and oxygen atoms in total. The molecule has 3 saturated carbocycles. The van der Waals surface area contributed by atoms with Crippen molar-refractivity contribution in [1.29, 1.82) is 0 Å². The molecule has 0 aromatic carbocycles. The molecule has 4 aliphatic rings. The molecule has 4 aliphatic carbocycles. The Hall–Kier alpha value is -1.60. The third-order valence-electron chi connectivity index (χ3n) is 11.9. The zero-order valence-electron chi connectivity index (χ0n) is 27.1. The Kier molecular flexibility index (Phi) is 11.8. The number of carboxylic acid groups (broad SMARTS) is 1. The van der Waals surface area contributed by atoms with Crippen molar-refractivity contribution >= 4 is 12.1 Å². The van der Waals surface area contributed by atoms with E-state index in [1.54, 1.807) is 5.57 Å². The van der Waals surface area contributed by atoms with Crippen molar-refractivity contribution < 1.29 is 28.9 Å². The minimum atomic E-state index is -0.873. The molecule has 0 heterocycles. The molecule has 4 rings (SSSR count). The number of allylic oxidation sites excluding steroid dienone is 1. The van der Waals surface area contributed by atoms with Gasteiger partial charge in [0.2, 0.25) is 0 Å². The van der Waals surface area contributed by atoms with Crippen molar-refractivity contribution in [2.24, 2.45) is 46.3 Å². The van der Waals surface area contributed by atoms with Crippen molar-refractivity contribution in [2.75, 3.05) is 33.0 Å². The molecular formula is C35H59NO6. The van der Waals surface area contributed by atoms with Gasteiger partial charge in [-0.2, -0.15) is 0 Å². The third kappa shape index (κ3) is 7.91. The van der Waals surface area contributed by atoms with Gasteiger partial charge >= 0.3 is 12.1 Å². The lowest BCUT2D eigenvalue weighted by molar-refractivity contribution is -0.138. The average molecular weight is 590 g/mol. The first-order valence-corrected chi connectivity index (χ1v) is 17.1. The highest BCUT2D eigenvalue weighted by molar-refractivity contribution is 5.67. The van der Waals surface area contributed by atoms with E-state index in [0.29, 0.717) is 31.8 Å². The molecule has 0 radical (unpaired) electrons. The van der Waals surface area contributed by atoms with Gasteiger partial charge in [-0.25, -0.2) is 4.79 Å². The maximum atomic E-state index is 12.5. The van der Waals surface area contributed by atoms with Crippen LogP contribution in [-0.2, 0) is 19.0 Å². The van der Waals surface area contributed by atoms with Crippen LogP contribution >= 0.6 is 0 Å². The lowest BCUT2D eigenvalue weighted by atomic mass is 9.47. The second-order valence-corrected chi connectivity index (χ2v) is 14.9. The summed E-state index contributed by atoms with van der Waals surface area (Å²) in [6, 6.07) is 0. The second-order valence-electron chi connectivity index (χ2n) is 14.9. The largest absolute Gasteiger partial charge is 0.481 e. The van der Waals surface area contributed by atoms with E-state index < -0.39 is 5.97 Å². The van der Waals surface area contributed by atoms with Crippen molar-refractivity contribution in [3.05, 3.63) is 11.6 Å². The zero-order chi connectivity index (χ0) is 30.3. The van der Waals surface area contributed by atoms with E-state index in [-0.39, 0.29) is 30.6 Å². The number of hydrogen-bond acceptors (Lipinski definition) is 5. The van der Waals surface area contributed by atoms with Gasteiger partial charge in [-0.3, -0.25) is 4.79 Å². The number of ether oxygens (including phenoxy) is 3. The summed E-state index contributed by atoms with van der Waals surface area (Å²) in [5.41, 5.74) is 2.30. The van der Waals surface area contributed by atoms with Crippen LogP contribution in [0.15, 0.2) is 11.6 Å². The Balaban J connectivity index is 1.22. The van der Waals surface area contributed by atoms with Crippen LogP contribution in [0.25, 0.3) is 0 Å². The van der Waals surface area contributed by atoms with Crippen LogP contribution < -0.4 is 5.32 Å². The number of hydrogen-bond donors (Lipinski definition) is 2. The second kappa shape index (κ2) is 14.9. The van der Waals surface area contributed by atoms with Gasteiger partial charge in [-0.1, -0.05) is 65.5 Å². The number of nitrogens with one attached hydrogen (secondary N) is 1. The highest BCUT2D eigenvalue weighted by Gasteiger charge is 2.59. The SMILES string of the molecule is CC(C)CCC[C@@H](C)[C@H]1CC[C@H]2[C@@H]3CC=C4C[C@@H](OC(=O)NCCOCCOCCC(=O)O)CC[C@]4(C)[C@H]3CC[C@]12C. The number of alkyl carbamates (subject to hydrolysis) is 1. The number of carboxylic acids is 1. The monoisotopic (exact) mass is 589 g/mol. The fraction of sp³-hybridized carbons (Fsp3) is 0.886. The van der Waals surface area contributed by atoms with E-state index >= 15 is 0 Å². The summed E-state index contributed by atoms with van der Waals surface area (Å²) in [7, 11) is 0. The maximum absolute atomic E-state index is 12.5. The first kappa shape index (κ1) is 33.3. The smallest absolute Gasteiger partial charge is 0.407 e. The summed E-state index contributed by atoms with van der Waals surface area (Å²) in [4.78, 5) is 22.9. The van der Waals surface area contributed by atoms with Gasteiger partial charge in [0, 0.05) is 13.0 Å². The van der Waals surface area contributed by atoms with Crippen LogP contribution in [-0.4, -0.2) is 56.2 Å². The lowest BCUT2D eigenvalue weighted by Gasteiger charge is -2.58. The predicted molar refractivity (Wildman–Crippen MR) is 165 cm³/mol. The zero-order valence-corrected chi connectivity index (χ0v) is 27.1. The molecular weight excluding hydrogens is 530 g/mol. The summed E-state index contributed by atoms with van der Waals surface area (Å²) in [6.07, 6.45) is 16.0. The van der Waals surface area contributed by atoms with E-state index in [9.17, 15) is 9.59 Å². The van der Waals surface area contributed by atoms with Crippen LogP contribution in [0, 0.1) is 46.3 Å². The van der Waals surface area contributed by atoms with Gasteiger partial charge in [0.1, 0.15) is 6.10 Å². The molecule has 0 unspecified atom stereocenters. The molecule has 0 aliphatic heterocycles. The Labute approximate surface area is 254 Å². The van der Waals surface area contributed by atoms with Crippen molar-refractivity contribution in [2.45, 2.75) is 118 Å². The molecule has 0 saturated heterocycles. The van der Waals surface area contributed by atoms with E-state index in [1.165, 1.54) is 51.4 Å². The number of rotatable bonds is 15. The lowest BCUT2D eigenvalue weighted by Crippen LogP contribution is -2.51. The fourth-order valence-electron chi connectivity index (χ4n) is 9.65. The number of carbonyl (C=O) groups is 2. The maximum Gasteiger partial charge on any atom is 0.407 e. The molecule has 0 bridgehead atoms. The first-order valence-electron chi connectivity index (χ1n) is 17.1. The Morgan fingerprint density at radius 1 is 0.976 bits per heavy atom. The minimum absolute atomic E-state index is 0.00957. The Bertz CT molecular complexity index is 934. The summed E-state index contributed by atoms with van der Waals surface area (Å²) in [5.74, 6) is 4.12. The number of aliphatic carboxylic acids is 1. The van der Waals surface area contributed by atoms with Crippen LogP contribution in [0.3, 0.4) is 0 Å². The van der Waals surface area contributed by atoms with Gasteiger partial charge < -0.3 is 24.6 Å². The van der Waals surface area contributed by atoms with E-state index in [0.717, 1.165) is 54.8 Å². The van der Waals surface area contributed by atoms with E-state index in [4.69, 9.17) is 19.3 Å². The predicted octanol–water partition coefficient (Wildman–Crippen LogP) is 7.63. The number of fused-ring (bicyclic) bond motifs is 5. The minimum Gasteiger partial charge on any atom is -0.481 e. The fourth-order valence-corrected chi connectivity index (χ4v) is 9.65. The molecule has 0 aromatic heterocycles. The highest BCUT2D eigenvalue weighted by Crippen LogP contribution is 2.67. The normalized spacial score (nSPS) is 34.6. The van der Waals surface area contributed by atoms with Crippen molar-refractivity contribution in [3.63, 3.8) is 0 Å². The van der Waals surface area contributed by atoms with Crippen LogP contribution in [0.4, 0.5) is 4.79 Å². The van der Waals surface area contributed by atoms with Crippen LogP contribution in [0.1, 0.15) is 112 Å². The third-order valence-corrected chi connectivity index (χ3v) is 11.9. The highest BCUT2D eigenvalue weighted by atomic mass is 16.6. The standard InChI is InChI=1S/C35H59NO6/c1-24(2)7-6-8-25(3)29-11-12-30-28-10-9-26-23-27(13-16-34(26,4)31(28)14-17-35(29,30)5)42-33(39)36-18-20-41-22-21-40-19-15-32(37)38/h9,24-25,27-31H,6-8,10-23H2,1-5H3,(H,36,39)(H,37,38)/t25-,27+,28+,29-,30+,31+,34+,35-/m1/s1. The molecule has 2 N–H and O–H groups in total. The number of amides is 1. The molecule has 8 atom stereocenters. The molecule has 3 fully saturated rings. The molecule has 1 amide bonds. The first-order chi connectivity index (χ1) is 20.0. The quantitative estimate of drug-likeness (QED) is 0.151. The Morgan fingerprint density at radius 2 is 1.74 bits per heavy atom. The summed E-state index contributed by atoms with van der Waals surface area (Å²) in [5, 5.41) is 11.4. The molecule has 240 valence electrons. The Morgan fingerprint density at radius 3 is 2.48 bits per heavy atom. The van der Waals surface area contributed by atoms with Gasteiger partial charge in [0.25, 0.3) is 0 Å². The van der Waals surface area contributed by atoms with Gasteiger partial charge in [-0.05, 0) is 91.3 Å². The van der Waals surface area contributed by atoms with Crippen LogP contribution in [0.2, 0.25) is 0 Å². The summed E-state index contributed by atoms with van der Waals surface area (Å²) >= 11 is 0. The topological polar surface area (TPSA) is 94.1 Å². The molecule has 42 heavy (non-hydrogen) atoms. The van der Waals surface area contributed by atoms with Crippen molar-refractivity contribution in [1.82, 2.24) is 5.32 Å². The summed E-state index contributed by atoms with van der Waals surface area (Å²) in [6.45, 7) is 14.1. The van der Waals surface area contributed by atoms with Gasteiger partial charge in [0.05, 0.1) is 32.8 Å². The molecule has 0 aromatic rings. The van der Waals surface area contributed by atoms with Crippen molar-refractivity contribution in [3.8, 4) is 0 Å².